The molecular formula is C14H10ClFN2O. The van der Waals surface area contributed by atoms with Crippen LogP contribution >= 0.6 is 11.6 Å². The van der Waals surface area contributed by atoms with Gasteiger partial charge in [-0.05, 0) is 19.9 Å². The molecule has 2 heterocycles. The molecule has 0 atom stereocenters. The lowest BCUT2D eigenvalue weighted by Gasteiger charge is -2.03. The normalized spacial score (nSPS) is 11.2. The number of benzene rings is 1. The smallest absolute Gasteiger partial charge is 0.181 e. The standard InChI is InChI=1S/C14H10ClFN2O/c1-7-12(16)13(15)18-14(17-7)11-8(2)19-10-6-4-3-5-9(10)11/h3-6H,1-2H3. The highest BCUT2D eigenvalue weighted by atomic mass is 35.5. The summed E-state index contributed by atoms with van der Waals surface area (Å²) in [6, 6.07) is 7.57. The lowest BCUT2D eigenvalue weighted by atomic mass is 10.1. The van der Waals surface area contributed by atoms with Crippen LogP contribution in [0.3, 0.4) is 0 Å². The van der Waals surface area contributed by atoms with Crippen molar-refractivity contribution in [1.82, 2.24) is 9.97 Å². The van der Waals surface area contributed by atoms with E-state index in [0.717, 1.165) is 16.5 Å². The molecular weight excluding hydrogens is 267 g/mol. The zero-order valence-corrected chi connectivity index (χ0v) is 11.1. The maximum Gasteiger partial charge on any atom is 0.181 e. The number of hydrogen-bond acceptors (Lipinski definition) is 3. The second-order valence-electron chi connectivity index (χ2n) is 4.27. The fraction of sp³-hybridized carbons (Fsp3) is 0.143. The minimum atomic E-state index is -0.587. The highest BCUT2D eigenvalue weighted by Gasteiger charge is 2.18. The molecule has 0 spiro atoms. The van der Waals surface area contributed by atoms with Crippen molar-refractivity contribution in [3.8, 4) is 11.4 Å². The fourth-order valence-electron chi connectivity index (χ4n) is 2.08. The average molecular weight is 277 g/mol. The van der Waals surface area contributed by atoms with Crippen molar-refractivity contribution in [1.29, 1.82) is 0 Å². The summed E-state index contributed by atoms with van der Waals surface area (Å²) in [7, 11) is 0. The third kappa shape index (κ3) is 1.88. The van der Waals surface area contributed by atoms with Gasteiger partial charge in [-0.15, -0.1) is 0 Å². The van der Waals surface area contributed by atoms with E-state index in [1.165, 1.54) is 0 Å². The first-order valence-electron chi connectivity index (χ1n) is 5.76. The molecule has 2 aromatic heterocycles. The summed E-state index contributed by atoms with van der Waals surface area (Å²) in [5, 5.41) is 0.717. The van der Waals surface area contributed by atoms with E-state index in [9.17, 15) is 4.39 Å². The molecule has 0 amide bonds. The monoisotopic (exact) mass is 276 g/mol. The maximum atomic E-state index is 13.5. The van der Waals surface area contributed by atoms with Gasteiger partial charge in [0.25, 0.3) is 0 Å². The molecule has 0 aliphatic rings. The van der Waals surface area contributed by atoms with E-state index in [1.54, 1.807) is 6.92 Å². The Morgan fingerprint density at radius 1 is 1.16 bits per heavy atom. The van der Waals surface area contributed by atoms with Crippen molar-refractivity contribution in [2.24, 2.45) is 0 Å². The van der Waals surface area contributed by atoms with Gasteiger partial charge in [-0.25, -0.2) is 14.4 Å². The van der Waals surface area contributed by atoms with Crippen molar-refractivity contribution < 1.29 is 8.81 Å². The average Bonchev–Trinajstić information content (AvgIpc) is 2.71. The first-order valence-corrected chi connectivity index (χ1v) is 6.14. The second-order valence-corrected chi connectivity index (χ2v) is 4.62. The Kier molecular flexibility index (Phi) is 2.75. The third-order valence-electron chi connectivity index (χ3n) is 2.97. The van der Waals surface area contributed by atoms with Crippen LogP contribution in [0.2, 0.25) is 5.15 Å². The highest BCUT2D eigenvalue weighted by Crippen LogP contribution is 2.33. The lowest BCUT2D eigenvalue weighted by molar-refractivity contribution is 0.578. The number of para-hydroxylation sites is 1. The van der Waals surface area contributed by atoms with E-state index in [0.29, 0.717) is 11.6 Å². The van der Waals surface area contributed by atoms with Gasteiger partial charge in [-0.1, -0.05) is 29.8 Å². The molecule has 3 rings (SSSR count). The largest absolute Gasteiger partial charge is 0.461 e. The number of rotatable bonds is 1. The van der Waals surface area contributed by atoms with Crippen LogP contribution in [-0.4, -0.2) is 9.97 Å². The van der Waals surface area contributed by atoms with Gasteiger partial charge in [0.1, 0.15) is 11.3 Å². The van der Waals surface area contributed by atoms with Gasteiger partial charge in [0.05, 0.1) is 11.3 Å². The van der Waals surface area contributed by atoms with Crippen LogP contribution < -0.4 is 0 Å². The predicted molar refractivity (Wildman–Crippen MR) is 71.7 cm³/mol. The SMILES string of the molecule is Cc1nc(-c2c(C)oc3ccccc23)nc(Cl)c1F. The number of fused-ring (bicyclic) bond motifs is 1. The Bertz CT molecular complexity index is 759. The Balaban J connectivity index is 2.33. The quantitative estimate of drug-likeness (QED) is 0.622. The predicted octanol–water partition coefficient (Wildman–Crippen LogP) is 4.30. The number of aryl methyl sites for hydroxylation is 2. The lowest BCUT2D eigenvalue weighted by Crippen LogP contribution is -1.97. The minimum Gasteiger partial charge on any atom is -0.461 e. The van der Waals surface area contributed by atoms with Crippen molar-refractivity contribution in [3.63, 3.8) is 0 Å². The second kappa shape index (κ2) is 4.31. The molecule has 3 aromatic rings. The molecule has 19 heavy (non-hydrogen) atoms. The fourth-order valence-corrected chi connectivity index (χ4v) is 2.30. The summed E-state index contributed by atoms with van der Waals surface area (Å²) in [4.78, 5) is 8.16. The third-order valence-corrected chi connectivity index (χ3v) is 3.22. The first-order chi connectivity index (χ1) is 9.08. The number of nitrogens with zero attached hydrogens (tertiary/aromatic N) is 2. The van der Waals surface area contributed by atoms with Crippen LogP contribution in [-0.2, 0) is 0 Å². The molecule has 0 aliphatic carbocycles. The Labute approximate surface area is 114 Å². The summed E-state index contributed by atoms with van der Waals surface area (Å²) in [5.74, 6) is 0.477. The highest BCUT2D eigenvalue weighted by molar-refractivity contribution is 6.29. The summed E-state index contributed by atoms with van der Waals surface area (Å²) >= 11 is 5.78. The molecule has 0 unspecified atom stereocenters. The van der Waals surface area contributed by atoms with E-state index < -0.39 is 5.82 Å². The topological polar surface area (TPSA) is 38.9 Å². The molecule has 0 saturated carbocycles. The molecule has 0 radical (unpaired) electrons. The van der Waals surface area contributed by atoms with Gasteiger partial charge >= 0.3 is 0 Å². The summed E-state index contributed by atoms with van der Waals surface area (Å²) in [6.45, 7) is 3.38. The van der Waals surface area contributed by atoms with Crippen LogP contribution in [0.1, 0.15) is 11.5 Å². The summed E-state index contributed by atoms with van der Waals surface area (Å²) in [5.41, 5.74) is 1.72. The Hall–Kier alpha value is -1.94. The molecule has 5 heteroatoms. The van der Waals surface area contributed by atoms with E-state index in [4.69, 9.17) is 16.0 Å². The van der Waals surface area contributed by atoms with Crippen molar-refractivity contribution in [2.45, 2.75) is 13.8 Å². The first kappa shape index (κ1) is 12.1. The van der Waals surface area contributed by atoms with Crippen LogP contribution in [0.25, 0.3) is 22.4 Å². The van der Waals surface area contributed by atoms with Crippen molar-refractivity contribution in [2.75, 3.05) is 0 Å². The van der Waals surface area contributed by atoms with Crippen LogP contribution in [0, 0.1) is 19.7 Å². The summed E-state index contributed by atoms with van der Waals surface area (Å²) < 4.78 is 19.1. The molecule has 0 saturated heterocycles. The van der Waals surface area contributed by atoms with Gasteiger partial charge in [-0.3, -0.25) is 0 Å². The number of halogens is 2. The van der Waals surface area contributed by atoms with Gasteiger partial charge in [-0.2, -0.15) is 0 Å². The zero-order chi connectivity index (χ0) is 13.6. The molecule has 0 bridgehead atoms. The maximum absolute atomic E-state index is 13.5. The zero-order valence-electron chi connectivity index (χ0n) is 10.4. The number of aromatic nitrogens is 2. The molecule has 96 valence electrons. The van der Waals surface area contributed by atoms with E-state index in [1.807, 2.05) is 31.2 Å². The number of furan rings is 1. The van der Waals surface area contributed by atoms with Crippen LogP contribution in [0.5, 0.6) is 0 Å². The van der Waals surface area contributed by atoms with Gasteiger partial charge in [0.2, 0.25) is 0 Å². The molecule has 1 aromatic carbocycles. The van der Waals surface area contributed by atoms with Gasteiger partial charge in [0.15, 0.2) is 16.8 Å². The van der Waals surface area contributed by atoms with Crippen molar-refractivity contribution in [3.05, 3.63) is 46.7 Å². The summed E-state index contributed by atoms with van der Waals surface area (Å²) in [6.07, 6.45) is 0. The molecule has 0 N–H and O–H groups in total. The van der Waals surface area contributed by atoms with Gasteiger partial charge < -0.3 is 4.42 Å². The van der Waals surface area contributed by atoms with Crippen molar-refractivity contribution >= 4 is 22.6 Å². The van der Waals surface area contributed by atoms with Crippen LogP contribution in [0.15, 0.2) is 28.7 Å². The molecule has 3 nitrogen and oxygen atoms in total. The van der Waals surface area contributed by atoms with Gasteiger partial charge in [0, 0.05) is 5.39 Å². The Morgan fingerprint density at radius 2 is 1.89 bits per heavy atom. The Morgan fingerprint density at radius 3 is 2.63 bits per heavy atom. The minimum absolute atomic E-state index is 0.174. The van der Waals surface area contributed by atoms with E-state index >= 15 is 0 Å². The van der Waals surface area contributed by atoms with E-state index in [-0.39, 0.29) is 10.8 Å². The van der Waals surface area contributed by atoms with Crippen LogP contribution in [0.4, 0.5) is 4.39 Å². The van der Waals surface area contributed by atoms with E-state index in [2.05, 4.69) is 9.97 Å². The molecule has 0 fully saturated rings. The molecule has 0 aliphatic heterocycles. The number of hydrogen-bond donors (Lipinski definition) is 0.